The van der Waals surface area contributed by atoms with E-state index in [0.717, 1.165) is 46.9 Å². The standard InChI is InChI=1S/C26H32ClN3O2/c1-3-5-15-25-29-18-22(30(25)19-21-13-9-10-14-23(21)27)16-24(26(31)32-4-2)28-17-20-11-7-6-8-12-20/h6-14,18,24,28H,3-5,15-17,19H2,1-2H3. The molecule has 1 N–H and O–H groups in total. The topological polar surface area (TPSA) is 56.1 Å². The van der Waals surface area contributed by atoms with Crippen LogP contribution < -0.4 is 5.32 Å². The number of unbranched alkanes of at least 4 members (excludes halogenated alkanes) is 1. The average molecular weight is 454 g/mol. The van der Waals surface area contributed by atoms with Gasteiger partial charge in [-0.2, -0.15) is 0 Å². The number of aryl methyl sites for hydroxylation is 1. The van der Waals surface area contributed by atoms with Crippen molar-refractivity contribution in [3.8, 4) is 0 Å². The van der Waals surface area contributed by atoms with Crippen molar-refractivity contribution in [2.45, 2.75) is 58.7 Å². The molecule has 32 heavy (non-hydrogen) atoms. The number of carbonyl (C=O) groups excluding carboxylic acids is 1. The second-order valence-electron chi connectivity index (χ2n) is 7.82. The summed E-state index contributed by atoms with van der Waals surface area (Å²) in [5.74, 6) is 0.775. The molecule has 0 radical (unpaired) electrons. The molecule has 0 aliphatic heterocycles. The summed E-state index contributed by atoms with van der Waals surface area (Å²) in [6.07, 6.45) is 5.43. The van der Waals surface area contributed by atoms with E-state index < -0.39 is 6.04 Å². The summed E-state index contributed by atoms with van der Waals surface area (Å²) in [5, 5.41) is 4.12. The Bertz CT molecular complexity index is 988. The number of aromatic nitrogens is 2. The minimum Gasteiger partial charge on any atom is -0.465 e. The van der Waals surface area contributed by atoms with Crippen molar-refractivity contribution in [1.29, 1.82) is 0 Å². The predicted molar refractivity (Wildman–Crippen MR) is 129 cm³/mol. The van der Waals surface area contributed by atoms with Gasteiger partial charge in [-0.1, -0.05) is 73.5 Å². The zero-order chi connectivity index (χ0) is 22.8. The van der Waals surface area contributed by atoms with E-state index in [-0.39, 0.29) is 5.97 Å². The van der Waals surface area contributed by atoms with E-state index in [2.05, 4.69) is 16.8 Å². The van der Waals surface area contributed by atoms with Crippen molar-refractivity contribution in [2.75, 3.05) is 6.61 Å². The zero-order valence-electron chi connectivity index (χ0n) is 18.9. The van der Waals surface area contributed by atoms with Crippen LogP contribution >= 0.6 is 11.6 Å². The summed E-state index contributed by atoms with van der Waals surface area (Å²) in [5.41, 5.74) is 3.15. The highest BCUT2D eigenvalue weighted by atomic mass is 35.5. The Balaban J connectivity index is 1.84. The van der Waals surface area contributed by atoms with Gasteiger partial charge >= 0.3 is 5.97 Å². The number of carbonyl (C=O) groups is 1. The van der Waals surface area contributed by atoms with Crippen LogP contribution in [0.15, 0.2) is 60.8 Å². The number of rotatable bonds is 12. The monoisotopic (exact) mass is 453 g/mol. The van der Waals surface area contributed by atoms with Gasteiger partial charge < -0.3 is 9.30 Å². The quantitative estimate of drug-likeness (QED) is 0.383. The van der Waals surface area contributed by atoms with Crippen molar-refractivity contribution in [1.82, 2.24) is 14.9 Å². The van der Waals surface area contributed by atoms with E-state index in [0.29, 0.717) is 26.1 Å². The van der Waals surface area contributed by atoms with Gasteiger partial charge in [-0.3, -0.25) is 10.1 Å². The minimum atomic E-state index is -0.462. The first-order chi connectivity index (χ1) is 15.6. The molecule has 2 aromatic carbocycles. The number of imidazole rings is 1. The Kier molecular flexibility index (Phi) is 9.32. The van der Waals surface area contributed by atoms with Gasteiger partial charge in [0, 0.05) is 36.3 Å². The van der Waals surface area contributed by atoms with E-state index in [1.807, 2.05) is 67.7 Å². The van der Waals surface area contributed by atoms with Crippen LogP contribution in [0.25, 0.3) is 0 Å². The smallest absolute Gasteiger partial charge is 0.323 e. The summed E-state index contributed by atoms with van der Waals surface area (Å²) in [4.78, 5) is 17.4. The Morgan fingerprint density at radius 1 is 1.12 bits per heavy atom. The molecular weight excluding hydrogens is 422 g/mol. The third-order valence-corrected chi connectivity index (χ3v) is 5.81. The molecule has 0 amide bonds. The highest BCUT2D eigenvalue weighted by molar-refractivity contribution is 6.31. The van der Waals surface area contributed by atoms with Crippen LogP contribution in [0.1, 0.15) is 49.3 Å². The molecular formula is C26H32ClN3O2. The molecule has 0 bridgehead atoms. The average Bonchev–Trinajstić information content (AvgIpc) is 3.18. The summed E-state index contributed by atoms with van der Waals surface area (Å²) in [6, 6.07) is 17.5. The lowest BCUT2D eigenvalue weighted by atomic mass is 10.1. The van der Waals surface area contributed by atoms with E-state index in [4.69, 9.17) is 21.3 Å². The van der Waals surface area contributed by atoms with Crippen molar-refractivity contribution in [2.24, 2.45) is 0 Å². The fourth-order valence-corrected chi connectivity index (χ4v) is 3.86. The number of esters is 1. The molecule has 3 rings (SSSR count). The molecule has 1 heterocycles. The second-order valence-corrected chi connectivity index (χ2v) is 8.23. The Hall–Kier alpha value is -2.63. The van der Waals surface area contributed by atoms with Gasteiger partial charge in [0.2, 0.25) is 0 Å². The number of halogens is 1. The van der Waals surface area contributed by atoms with Crippen molar-refractivity contribution in [3.63, 3.8) is 0 Å². The van der Waals surface area contributed by atoms with Crippen molar-refractivity contribution < 1.29 is 9.53 Å². The maximum Gasteiger partial charge on any atom is 0.323 e. The first-order valence-corrected chi connectivity index (χ1v) is 11.7. The van der Waals surface area contributed by atoms with Crippen molar-refractivity contribution in [3.05, 3.63) is 88.5 Å². The molecule has 3 aromatic rings. The summed E-state index contributed by atoms with van der Waals surface area (Å²) >= 11 is 6.44. The number of benzene rings is 2. The predicted octanol–water partition coefficient (Wildman–Crippen LogP) is 5.19. The Morgan fingerprint density at radius 2 is 1.88 bits per heavy atom. The Labute approximate surface area is 195 Å². The molecule has 0 saturated heterocycles. The first-order valence-electron chi connectivity index (χ1n) is 11.3. The lowest BCUT2D eigenvalue weighted by Crippen LogP contribution is -2.40. The third kappa shape index (κ3) is 6.68. The van der Waals surface area contributed by atoms with E-state index >= 15 is 0 Å². The lowest BCUT2D eigenvalue weighted by molar-refractivity contribution is -0.145. The lowest BCUT2D eigenvalue weighted by Gasteiger charge is -2.19. The summed E-state index contributed by atoms with van der Waals surface area (Å²) < 4.78 is 7.56. The number of hydrogen-bond donors (Lipinski definition) is 1. The highest BCUT2D eigenvalue weighted by Gasteiger charge is 2.23. The molecule has 1 atom stereocenters. The third-order valence-electron chi connectivity index (χ3n) is 5.44. The van der Waals surface area contributed by atoms with Gasteiger partial charge in [0.1, 0.15) is 11.9 Å². The molecule has 5 nitrogen and oxygen atoms in total. The minimum absolute atomic E-state index is 0.246. The normalized spacial score (nSPS) is 12.0. The van der Waals surface area contributed by atoms with Crippen LogP contribution in [0.3, 0.4) is 0 Å². The SMILES string of the molecule is CCCCc1ncc(CC(NCc2ccccc2)C(=O)OCC)n1Cc1ccccc1Cl. The van der Waals surface area contributed by atoms with Gasteiger partial charge in [0.05, 0.1) is 13.2 Å². The molecule has 1 unspecified atom stereocenters. The van der Waals surface area contributed by atoms with Gasteiger partial charge in [-0.25, -0.2) is 4.98 Å². The van der Waals surface area contributed by atoms with E-state index in [1.165, 1.54) is 0 Å². The Morgan fingerprint density at radius 3 is 2.59 bits per heavy atom. The van der Waals surface area contributed by atoms with E-state index in [9.17, 15) is 4.79 Å². The van der Waals surface area contributed by atoms with Crippen LogP contribution in [-0.4, -0.2) is 28.2 Å². The molecule has 0 fully saturated rings. The molecule has 1 aromatic heterocycles. The summed E-state index contributed by atoms with van der Waals surface area (Å²) in [7, 11) is 0. The zero-order valence-corrected chi connectivity index (χ0v) is 19.6. The number of hydrogen-bond acceptors (Lipinski definition) is 4. The van der Waals surface area contributed by atoms with Crippen LogP contribution in [0, 0.1) is 0 Å². The van der Waals surface area contributed by atoms with Crippen LogP contribution in [-0.2, 0) is 35.5 Å². The number of nitrogens with one attached hydrogen (secondary N) is 1. The van der Waals surface area contributed by atoms with Gasteiger partial charge in [0.25, 0.3) is 0 Å². The van der Waals surface area contributed by atoms with Gasteiger partial charge in [-0.05, 0) is 30.5 Å². The van der Waals surface area contributed by atoms with Crippen LogP contribution in [0.5, 0.6) is 0 Å². The second kappa shape index (κ2) is 12.4. The fourth-order valence-electron chi connectivity index (χ4n) is 3.67. The molecule has 0 saturated carbocycles. The number of ether oxygens (including phenoxy) is 1. The molecule has 6 heteroatoms. The van der Waals surface area contributed by atoms with Crippen LogP contribution in [0.4, 0.5) is 0 Å². The molecule has 170 valence electrons. The number of nitrogens with zero attached hydrogens (tertiary/aromatic N) is 2. The van der Waals surface area contributed by atoms with E-state index in [1.54, 1.807) is 0 Å². The maximum atomic E-state index is 12.7. The first kappa shape index (κ1) is 24.0. The van der Waals surface area contributed by atoms with Gasteiger partial charge in [-0.15, -0.1) is 0 Å². The van der Waals surface area contributed by atoms with Gasteiger partial charge in [0.15, 0.2) is 0 Å². The maximum absolute atomic E-state index is 12.7. The fraction of sp³-hybridized carbons (Fsp3) is 0.385. The highest BCUT2D eigenvalue weighted by Crippen LogP contribution is 2.20. The van der Waals surface area contributed by atoms with Crippen LogP contribution in [0.2, 0.25) is 5.02 Å². The molecule has 0 aliphatic carbocycles. The molecule has 0 aliphatic rings. The van der Waals surface area contributed by atoms with Crippen molar-refractivity contribution >= 4 is 17.6 Å². The molecule has 0 spiro atoms. The largest absolute Gasteiger partial charge is 0.465 e. The summed E-state index contributed by atoms with van der Waals surface area (Å²) in [6.45, 7) is 5.57.